The number of alkyl halides is 6. The van der Waals surface area contributed by atoms with Crippen molar-refractivity contribution in [2.24, 2.45) is 5.41 Å². The number of benzene rings is 1. The third-order valence-corrected chi connectivity index (χ3v) is 4.55. The number of hydrogen-bond donors (Lipinski definition) is 2. The molecule has 9 heteroatoms. The molecule has 0 saturated carbocycles. The summed E-state index contributed by atoms with van der Waals surface area (Å²) in [5, 5.41) is 10.4. The number of allylic oxidation sites excluding steroid dienone is 1. The summed E-state index contributed by atoms with van der Waals surface area (Å²) in [7, 11) is 0. The maximum absolute atomic E-state index is 12.9. The minimum Gasteiger partial charge on any atom is -0.475 e. The number of hydrogen-bond acceptors (Lipinski definition) is 2. The van der Waals surface area contributed by atoms with Crippen LogP contribution in [-0.2, 0) is 11.0 Å². The zero-order chi connectivity index (χ0) is 19.8. The number of rotatable bonds is 1. The lowest BCUT2D eigenvalue weighted by atomic mass is 9.81. The van der Waals surface area contributed by atoms with Crippen LogP contribution in [0.25, 0.3) is 5.57 Å². The van der Waals surface area contributed by atoms with Crippen molar-refractivity contribution in [1.82, 2.24) is 5.32 Å². The summed E-state index contributed by atoms with van der Waals surface area (Å²) in [6, 6.07) is 4.48. The van der Waals surface area contributed by atoms with Crippen LogP contribution in [0.2, 0.25) is 0 Å². The maximum atomic E-state index is 12.9. The summed E-state index contributed by atoms with van der Waals surface area (Å²) in [5.74, 6) is -2.76. The number of halogens is 6. The quantitative estimate of drug-likeness (QED) is 0.709. The highest BCUT2D eigenvalue weighted by atomic mass is 19.4. The van der Waals surface area contributed by atoms with Crippen LogP contribution in [0.3, 0.4) is 0 Å². The topological polar surface area (TPSA) is 49.3 Å². The van der Waals surface area contributed by atoms with Gasteiger partial charge in [0.25, 0.3) is 0 Å². The molecule has 1 heterocycles. The van der Waals surface area contributed by atoms with Crippen molar-refractivity contribution < 1.29 is 36.2 Å². The second-order valence-electron chi connectivity index (χ2n) is 6.41. The molecule has 144 valence electrons. The number of carboxylic acid groups (broad SMARTS) is 1. The molecule has 0 aromatic heterocycles. The summed E-state index contributed by atoms with van der Waals surface area (Å²) in [4.78, 5) is 8.90. The predicted octanol–water partition coefficient (Wildman–Crippen LogP) is 4.41. The molecule has 0 bridgehead atoms. The highest BCUT2D eigenvalue weighted by molar-refractivity contribution is 5.73. The number of carboxylic acids is 1. The maximum Gasteiger partial charge on any atom is 0.490 e. The molecule has 1 fully saturated rings. The molecule has 1 aliphatic heterocycles. The van der Waals surface area contributed by atoms with Gasteiger partial charge in [0.05, 0.1) is 5.56 Å². The van der Waals surface area contributed by atoms with Crippen LogP contribution < -0.4 is 5.32 Å². The SMILES string of the molecule is Cc1c(C2=CC3(CC2)CNC3)cccc1C(F)(F)F.O=C(O)C(F)(F)F. The molecular formula is C17H17F6NO2. The second kappa shape index (κ2) is 6.94. The van der Waals surface area contributed by atoms with Crippen molar-refractivity contribution in [2.45, 2.75) is 32.1 Å². The molecule has 26 heavy (non-hydrogen) atoms. The van der Waals surface area contributed by atoms with Crippen molar-refractivity contribution in [3.05, 3.63) is 41.0 Å². The van der Waals surface area contributed by atoms with Gasteiger partial charge >= 0.3 is 18.3 Å². The number of carbonyl (C=O) groups is 1. The van der Waals surface area contributed by atoms with Gasteiger partial charge in [-0.1, -0.05) is 18.2 Å². The minimum absolute atomic E-state index is 0.204. The standard InChI is InChI=1S/C15H16F3N.C2HF3O2/c1-10-12(3-2-4-13(10)15(16,17)18)11-5-6-14(7-11)8-19-9-14;3-2(4,5)1(6)7/h2-4,7,19H,5-6,8-9H2,1H3;(H,6,7). The van der Waals surface area contributed by atoms with Crippen LogP contribution >= 0.6 is 0 Å². The smallest absolute Gasteiger partial charge is 0.475 e. The van der Waals surface area contributed by atoms with Gasteiger partial charge in [0.15, 0.2) is 0 Å². The van der Waals surface area contributed by atoms with Gasteiger partial charge in [0, 0.05) is 18.5 Å². The molecular weight excluding hydrogens is 364 g/mol. The Labute approximate surface area is 145 Å². The third kappa shape index (κ3) is 4.38. The zero-order valence-corrected chi connectivity index (χ0v) is 13.8. The van der Waals surface area contributed by atoms with Crippen molar-refractivity contribution >= 4 is 11.5 Å². The molecule has 1 aromatic rings. The summed E-state index contributed by atoms with van der Waals surface area (Å²) in [6.45, 7) is 3.48. The van der Waals surface area contributed by atoms with Gasteiger partial charge in [0.2, 0.25) is 0 Å². The molecule has 2 aliphatic rings. The van der Waals surface area contributed by atoms with Gasteiger partial charge in [0.1, 0.15) is 0 Å². The van der Waals surface area contributed by atoms with E-state index in [1.54, 1.807) is 6.92 Å². The van der Waals surface area contributed by atoms with E-state index in [4.69, 9.17) is 9.90 Å². The highest BCUT2D eigenvalue weighted by Crippen LogP contribution is 2.44. The summed E-state index contributed by atoms with van der Waals surface area (Å²) >= 11 is 0. The third-order valence-electron chi connectivity index (χ3n) is 4.55. The van der Waals surface area contributed by atoms with Crippen molar-refractivity contribution in [2.75, 3.05) is 13.1 Å². The minimum atomic E-state index is -5.08. The molecule has 1 aromatic carbocycles. The molecule has 1 aliphatic carbocycles. The molecule has 3 rings (SSSR count). The molecule has 1 saturated heterocycles. The fraction of sp³-hybridized carbons (Fsp3) is 0.471. The van der Waals surface area contributed by atoms with Gasteiger partial charge < -0.3 is 10.4 Å². The first-order valence-electron chi connectivity index (χ1n) is 7.75. The highest BCUT2D eigenvalue weighted by Gasteiger charge is 2.40. The van der Waals surface area contributed by atoms with E-state index in [1.165, 1.54) is 6.07 Å². The van der Waals surface area contributed by atoms with E-state index in [0.29, 0.717) is 5.56 Å². The van der Waals surface area contributed by atoms with Crippen LogP contribution in [0.5, 0.6) is 0 Å². The Balaban J connectivity index is 0.000000298. The Morgan fingerprint density at radius 1 is 1.15 bits per heavy atom. The van der Waals surface area contributed by atoms with Crippen LogP contribution in [0, 0.1) is 12.3 Å². The van der Waals surface area contributed by atoms with Crippen LogP contribution in [0.4, 0.5) is 26.3 Å². The largest absolute Gasteiger partial charge is 0.490 e. The summed E-state index contributed by atoms with van der Waals surface area (Å²) in [5.41, 5.74) is 1.88. The van der Waals surface area contributed by atoms with Gasteiger partial charge in [-0.3, -0.25) is 0 Å². The van der Waals surface area contributed by atoms with Crippen molar-refractivity contribution in [3.8, 4) is 0 Å². The summed E-state index contributed by atoms with van der Waals surface area (Å²) < 4.78 is 70.5. The number of nitrogens with one attached hydrogen (secondary N) is 1. The van der Waals surface area contributed by atoms with E-state index in [2.05, 4.69) is 11.4 Å². The van der Waals surface area contributed by atoms with Crippen LogP contribution in [0.15, 0.2) is 24.3 Å². The molecule has 1 spiro atoms. The Morgan fingerprint density at radius 2 is 1.73 bits per heavy atom. The molecule has 2 N–H and O–H groups in total. The first kappa shape index (κ1) is 20.3. The molecule has 0 unspecified atom stereocenters. The van der Waals surface area contributed by atoms with E-state index in [1.807, 2.05) is 6.07 Å². The molecule has 0 amide bonds. The normalized spacial score (nSPS) is 18.7. The van der Waals surface area contributed by atoms with Crippen LogP contribution in [-0.4, -0.2) is 30.3 Å². The Morgan fingerprint density at radius 3 is 2.12 bits per heavy atom. The predicted molar refractivity (Wildman–Crippen MR) is 82.4 cm³/mol. The van der Waals surface area contributed by atoms with E-state index in [-0.39, 0.29) is 5.41 Å². The van der Waals surface area contributed by atoms with E-state index in [0.717, 1.165) is 43.1 Å². The Kier molecular flexibility index (Phi) is 5.41. The molecule has 0 radical (unpaired) electrons. The van der Waals surface area contributed by atoms with Gasteiger partial charge in [-0.25, -0.2) is 4.79 Å². The Hall–Kier alpha value is -2.03. The second-order valence-corrected chi connectivity index (χ2v) is 6.41. The van der Waals surface area contributed by atoms with Crippen molar-refractivity contribution in [1.29, 1.82) is 0 Å². The van der Waals surface area contributed by atoms with E-state index < -0.39 is 23.9 Å². The lowest BCUT2D eigenvalue weighted by Gasteiger charge is -2.37. The first-order valence-corrected chi connectivity index (χ1v) is 7.75. The van der Waals surface area contributed by atoms with Gasteiger partial charge in [-0.2, -0.15) is 26.3 Å². The van der Waals surface area contributed by atoms with E-state index >= 15 is 0 Å². The average Bonchev–Trinajstić information content (AvgIpc) is 2.91. The fourth-order valence-corrected chi connectivity index (χ4v) is 3.13. The number of aliphatic carboxylic acids is 1. The average molecular weight is 381 g/mol. The van der Waals surface area contributed by atoms with Gasteiger partial charge in [-0.15, -0.1) is 0 Å². The lowest BCUT2D eigenvalue weighted by Crippen LogP contribution is -2.50. The Bertz CT molecular complexity index is 717. The summed E-state index contributed by atoms with van der Waals surface area (Å²) in [6.07, 6.45) is -5.24. The van der Waals surface area contributed by atoms with Crippen LogP contribution in [0.1, 0.15) is 29.5 Å². The fourth-order valence-electron chi connectivity index (χ4n) is 3.13. The zero-order valence-electron chi connectivity index (χ0n) is 13.8. The van der Waals surface area contributed by atoms with Gasteiger partial charge in [-0.05, 0) is 42.5 Å². The molecule has 0 atom stereocenters. The molecule has 3 nitrogen and oxygen atoms in total. The van der Waals surface area contributed by atoms with E-state index in [9.17, 15) is 26.3 Å². The van der Waals surface area contributed by atoms with Crippen molar-refractivity contribution in [3.63, 3.8) is 0 Å². The monoisotopic (exact) mass is 381 g/mol. The first-order chi connectivity index (χ1) is 11.9. The lowest BCUT2D eigenvalue weighted by molar-refractivity contribution is -0.192.